The molecule has 2 heterocycles. The highest BCUT2D eigenvalue weighted by atomic mass is 32.2. The van der Waals surface area contributed by atoms with Crippen LogP contribution in [0.15, 0.2) is 52.7 Å². The van der Waals surface area contributed by atoms with Gasteiger partial charge in [-0.2, -0.15) is 0 Å². The standard InChI is InChI=1S/C23H23F3N2O3S2/c1-15-4-3-5-16(2)21(15)20-14-32-22(27-20)28-12-10-19(11-13-28)33(29,30)18-8-6-17(7-9-18)31-23(24,25)26/h3-9,14,19H,10-13H2,1-2H3. The fraction of sp³-hybridized carbons (Fsp3) is 0.348. The van der Waals surface area contributed by atoms with E-state index < -0.39 is 27.2 Å². The zero-order chi connectivity index (χ0) is 23.8. The fourth-order valence-electron chi connectivity index (χ4n) is 4.12. The van der Waals surface area contributed by atoms with Crippen LogP contribution in [-0.4, -0.2) is 38.1 Å². The molecule has 0 radical (unpaired) electrons. The molecule has 10 heteroatoms. The largest absolute Gasteiger partial charge is 0.573 e. The Bertz CT molecular complexity index is 1210. The van der Waals surface area contributed by atoms with E-state index in [2.05, 4.69) is 35.6 Å². The highest BCUT2D eigenvalue weighted by Gasteiger charge is 2.33. The van der Waals surface area contributed by atoms with Crippen LogP contribution < -0.4 is 9.64 Å². The Labute approximate surface area is 194 Å². The van der Waals surface area contributed by atoms with Gasteiger partial charge in [0.2, 0.25) is 0 Å². The molecule has 2 aromatic carbocycles. The van der Waals surface area contributed by atoms with Gasteiger partial charge in [0.1, 0.15) is 5.75 Å². The SMILES string of the molecule is Cc1cccc(C)c1-c1csc(N2CCC(S(=O)(=O)c3ccc(OC(F)(F)F)cc3)CC2)n1. The van der Waals surface area contributed by atoms with Gasteiger partial charge in [0.15, 0.2) is 15.0 Å². The average molecular weight is 497 g/mol. The van der Waals surface area contributed by atoms with E-state index in [1.807, 2.05) is 11.4 Å². The number of hydrogen-bond acceptors (Lipinski definition) is 6. The second-order valence-corrected chi connectivity index (χ2v) is 11.1. The molecule has 0 unspecified atom stereocenters. The maximum atomic E-state index is 13.0. The third-order valence-electron chi connectivity index (χ3n) is 5.77. The molecular weight excluding hydrogens is 473 g/mol. The summed E-state index contributed by atoms with van der Waals surface area (Å²) in [7, 11) is -3.66. The molecule has 1 saturated heterocycles. The predicted octanol–water partition coefficient (Wildman–Crippen LogP) is 5.77. The maximum absolute atomic E-state index is 13.0. The summed E-state index contributed by atoms with van der Waals surface area (Å²) in [6.45, 7) is 5.19. The van der Waals surface area contributed by atoms with Gasteiger partial charge in [-0.25, -0.2) is 13.4 Å². The summed E-state index contributed by atoms with van der Waals surface area (Å²) in [5.74, 6) is -0.445. The Hall–Kier alpha value is -2.59. The topological polar surface area (TPSA) is 59.5 Å². The van der Waals surface area contributed by atoms with E-state index in [0.29, 0.717) is 25.9 Å². The second-order valence-electron chi connectivity index (χ2n) is 8.03. The first-order valence-electron chi connectivity index (χ1n) is 10.4. The smallest absolute Gasteiger partial charge is 0.406 e. The van der Waals surface area contributed by atoms with Gasteiger partial charge < -0.3 is 9.64 Å². The number of rotatable bonds is 5. The first kappa shape index (κ1) is 23.6. The van der Waals surface area contributed by atoms with E-state index in [0.717, 1.165) is 39.6 Å². The lowest BCUT2D eigenvalue weighted by Crippen LogP contribution is -2.39. The number of aromatic nitrogens is 1. The van der Waals surface area contributed by atoms with E-state index in [9.17, 15) is 21.6 Å². The van der Waals surface area contributed by atoms with Crippen LogP contribution in [-0.2, 0) is 9.84 Å². The first-order chi connectivity index (χ1) is 15.5. The third-order valence-corrected chi connectivity index (χ3v) is 8.95. The molecule has 1 aliphatic heterocycles. The average Bonchev–Trinajstić information content (AvgIpc) is 3.23. The van der Waals surface area contributed by atoms with Gasteiger partial charge in [-0.3, -0.25) is 0 Å². The monoisotopic (exact) mass is 496 g/mol. The number of piperidine rings is 1. The third kappa shape index (κ3) is 5.16. The lowest BCUT2D eigenvalue weighted by atomic mass is 10.0. The first-order valence-corrected chi connectivity index (χ1v) is 12.8. The highest BCUT2D eigenvalue weighted by molar-refractivity contribution is 7.92. The summed E-state index contributed by atoms with van der Waals surface area (Å²) in [6.07, 6.45) is -3.98. The zero-order valence-corrected chi connectivity index (χ0v) is 19.7. The van der Waals surface area contributed by atoms with Gasteiger partial charge in [-0.1, -0.05) is 18.2 Å². The van der Waals surface area contributed by atoms with Crippen LogP contribution in [0.2, 0.25) is 0 Å². The van der Waals surface area contributed by atoms with Crippen LogP contribution in [0.4, 0.5) is 18.3 Å². The number of alkyl halides is 3. The van der Waals surface area contributed by atoms with Crippen LogP contribution in [0.3, 0.4) is 0 Å². The van der Waals surface area contributed by atoms with Crippen LogP contribution in [0.5, 0.6) is 5.75 Å². The minimum absolute atomic E-state index is 0.00189. The normalized spacial score (nSPS) is 15.6. The van der Waals surface area contributed by atoms with Crippen molar-refractivity contribution in [2.24, 2.45) is 0 Å². The van der Waals surface area contributed by atoms with Gasteiger partial charge >= 0.3 is 6.36 Å². The van der Waals surface area contributed by atoms with Crippen molar-refractivity contribution < 1.29 is 26.3 Å². The van der Waals surface area contributed by atoms with E-state index in [1.165, 1.54) is 23.5 Å². The predicted molar refractivity (Wildman–Crippen MR) is 123 cm³/mol. The van der Waals surface area contributed by atoms with Gasteiger partial charge in [0.05, 0.1) is 15.8 Å². The van der Waals surface area contributed by atoms with Crippen LogP contribution >= 0.6 is 11.3 Å². The lowest BCUT2D eigenvalue weighted by molar-refractivity contribution is -0.274. The summed E-state index contributed by atoms with van der Waals surface area (Å²) < 4.78 is 66.8. The van der Waals surface area contributed by atoms with Crippen LogP contribution in [0.1, 0.15) is 24.0 Å². The Morgan fingerprint density at radius 3 is 2.21 bits per heavy atom. The molecule has 0 spiro atoms. The van der Waals surface area contributed by atoms with E-state index in [1.54, 1.807) is 0 Å². The van der Waals surface area contributed by atoms with Crippen molar-refractivity contribution in [3.63, 3.8) is 0 Å². The number of ether oxygens (including phenoxy) is 1. The number of sulfone groups is 1. The molecule has 0 N–H and O–H groups in total. The molecule has 33 heavy (non-hydrogen) atoms. The summed E-state index contributed by atoms with van der Waals surface area (Å²) in [5, 5.41) is 2.29. The van der Waals surface area contributed by atoms with Crippen LogP contribution in [0.25, 0.3) is 11.3 Å². The van der Waals surface area contributed by atoms with Gasteiger partial charge in [-0.15, -0.1) is 24.5 Å². The van der Waals surface area contributed by atoms with Gasteiger partial charge in [0.25, 0.3) is 0 Å². The molecule has 1 fully saturated rings. The molecule has 0 aliphatic carbocycles. The molecule has 176 valence electrons. The molecule has 0 amide bonds. The second kappa shape index (κ2) is 8.98. The number of benzene rings is 2. The van der Waals surface area contributed by atoms with Crippen LogP contribution in [0, 0.1) is 13.8 Å². The number of nitrogens with zero attached hydrogens (tertiary/aromatic N) is 2. The molecular formula is C23H23F3N2O3S2. The lowest BCUT2D eigenvalue weighted by Gasteiger charge is -2.31. The van der Waals surface area contributed by atoms with Crippen molar-refractivity contribution in [3.8, 4) is 17.0 Å². The number of halogens is 3. The number of thiazole rings is 1. The Morgan fingerprint density at radius 1 is 1.03 bits per heavy atom. The molecule has 4 rings (SSSR count). The zero-order valence-electron chi connectivity index (χ0n) is 18.1. The molecule has 1 aromatic heterocycles. The minimum Gasteiger partial charge on any atom is -0.406 e. The Morgan fingerprint density at radius 2 is 1.64 bits per heavy atom. The van der Waals surface area contributed by atoms with E-state index in [-0.39, 0.29) is 4.90 Å². The van der Waals surface area contributed by atoms with E-state index in [4.69, 9.17) is 4.98 Å². The fourth-order valence-corrected chi connectivity index (χ4v) is 6.73. The molecule has 0 saturated carbocycles. The quantitative estimate of drug-likeness (QED) is 0.449. The summed E-state index contributed by atoms with van der Waals surface area (Å²) in [4.78, 5) is 6.89. The van der Waals surface area contributed by atoms with Gasteiger partial charge in [-0.05, 0) is 62.1 Å². The van der Waals surface area contributed by atoms with Crippen molar-refractivity contribution in [1.29, 1.82) is 0 Å². The molecule has 0 atom stereocenters. The molecule has 0 bridgehead atoms. The Kier molecular flexibility index (Phi) is 6.41. The molecule has 1 aliphatic rings. The van der Waals surface area contributed by atoms with Crippen molar-refractivity contribution >= 4 is 26.3 Å². The van der Waals surface area contributed by atoms with Crippen molar-refractivity contribution in [3.05, 3.63) is 59.0 Å². The number of anilines is 1. The summed E-state index contributed by atoms with van der Waals surface area (Å²) in [5.41, 5.74) is 4.35. The maximum Gasteiger partial charge on any atom is 0.573 e. The Balaban J connectivity index is 1.43. The minimum atomic E-state index is -4.82. The molecule has 3 aromatic rings. The number of aryl methyl sites for hydroxylation is 2. The summed E-state index contributed by atoms with van der Waals surface area (Å²) in [6, 6.07) is 10.5. The molecule has 5 nitrogen and oxygen atoms in total. The van der Waals surface area contributed by atoms with Crippen molar-refractivity contribution in [2.75, 3.05) is 18.0 Å². The summed E-state index contributed by atoms with van der Waals surface area (Å²) >= 11 is 1.54. The highest BCUT2D eigenvalue weighted by Crippen LogP contribution is 2.34. The van der Waals surface area contributed by atoms with E-state index >= 15 is 0 Å². The number of hydrogen-bond donors (Lipinski definition) is 0. The van der Waals surface area contributed by atoms with Crippen molar-refractivity contribution in [1.82, 2.24) is 4.98 Å². The van der Waals surface area contributed by atoms with Gasteiger partial charge in [0, 0.05) is 24.0 Å². The van der Waals surface area contributed by atoms with Crippen molar-refractivity contribution in [2.45, 2.75) is 43.2 Å².